The van der Waals surface area contributed by atoms with Gasteiger partial charge in [0.25, 0.3) is 7.52 Å². The van der Waals surface area contributed by atoms with Gasteiger partial charge in [0.2, 0.25) is 0 Å². The van der Waals surface area contributed by atoms with Crippen molar-refractivity contribution in [2.45, 2.75) is 32.0 Å². The van der Waals surface area contributed by atoms with Crippen molar-refractivity contribution in [2.75, 3.05) is 13.6 Å². The third-order valence-corrected chi connectivity index (χ3v) is 6.53. The lowest BCUT2D eigenvalue weighted by Crippen LogP contribution is -2.31. The Bertz CT molecular complexity index is 421. The summed E-state index contributed by atoms with van der Waals surface area (Å²) in [7, 11) is -0.845. The molecule has 0 saturated carbocycles. The second-order valence-electron chi connectivity index (χ2n) is 4.74. The molecule has 4 heteroatoms. The van der Waals surface area contributed by atoms with E-state index in [-0.39, 0.29) is 11.8 Å². The molecule has 0 unspecified atom stereocenters. The first-order valence-corrected chi connectivity index (χ1v) is 7.73. The quantitative estimate of drug-likeness (QED) is 0.753. The molecule has 17 heavy (non-hydrogen) atoms. The molecule has 1 saturated heterocycles. The summed E-state index contributed by atoms with van der Waals surface area (Å²) < 4.78 is 20.7. The number of hydrogen-bond donors (Lipinski definition) is 0. The molecule has 0 amide bonds. The van der Waals surface area contributed by atoms with E-state index in [2.05, 4.69) is 0 Å². The van der Waals surface area contributed by atoms with Crippen LogP contribution in [0.4, 0.5) is 0 Å². The van der Waals surface area contributed by atoms with Crippen LogP contribution in [0.5, 0.6) is 0 Å². The zero-order valence-corrected chi connectivity index (χ0v) is 11.6. The van der Waals surface area contributed by atoms with E-state index in [0.29, 0.717) is 0 Å². The van der Waals surface area contributed by atoms with Crippen LogP contribution in [0, 0.1) is 0 Å². The summed E-state index contributed by atoms with van der Waals surface area (Å²) in [5.74, 6) is 0. The van der Waals surface area contributed by atoms with E-state index >= 15 is 0 Å². The van der Waals surface area contributed by atoms with E-state index in [4.69, 9.17) is 4.52 Å². The summed E-state index contributed by atoms with van der Waals surface area (Å²) in [5, 5.41) is 0. The fraction of sp³-hybridized carbons (Fsp3) is 0.538. The fourth-order valence-electron chi connectivity index (χ4n) is 2.21. The molecule has 1 aromatic carbocycles. The Labute approximate surface area is 103 Å². The van der Waals surface area contributed by atoms with Crippen LogP contribution in [0.2, 0.25) is 0 Å². The topological polar surface area (TPSA) is 29.5 Å². The van der Waals surface area contributed by atoms with Gasteiger partial charge in [-0.2, -0.15) is 0 Å². The minimum absolute atomic E-state index is 0.0727. The van der Waals surface area contributed by atoms with Crippen molar-refractivity contribution >= 4 is 7.52 Å². The molecule has 2 rings (SSSR count). The van der Waals surface area contributed by atoms with E-state index in [1.807, 2.05) is 55.9 Å². The third kappa shape index (κ3) is 2.47. The fourth-order valence-corrected chi connectivity index (χ4v) is 4.71. The zero-order chi connectivity index (χ0) is 12.5. The average Bonchev–Trinajstić information content (AvgIpc) is 2.34. The molecule has 0 aromatic heterocycles. The molecule has 0 aliphatic carbocycles. The molecule has 0 radical (unpaired) electrons. The van der Waals surface area contributed by atoms with Crippen molar-refractivity contribution in [3.05, 3.63) is 35.9 Å². The average molecular weight is 253 g/mol. The van der Waals surface area contributed by atoms with Crippen LogP contribution in [-0.4, -0.2) is 24.4 Å². The maximum Gasteiger partial charge on any atom is 0.279 e. The first kappa shape index (κ1) is 12.8. The molecule has 1 heterocycles. The molecular weight excluding hydrogens is 233 g/mol. The Kier molecular flexibility index (Phi) is 3.72. The Morgan fingerprint density at radius 1 is 1.41 bits per heavy atom. The number of hydrogen-bond acceptors (Lipinski definition) is 2. The summed E-state index contributed by atoms with van der Waals surface area (Å²) >= 11 is 0. The number of nitrogens with zero attached hydrogens (tertiary/aromatic N) is 1. The third-order valence-electron chi connectivity index (χ3n) is 3.44. The molecule has 1 aliphatic heterocycles. The van der Waals surface area contributed by atoms with Crippen LogP contribution in [0.3, 0.4) is 0 Å². The number of benzene rings is 1. The molecule has 1 aromatic rings. The lowest BCUT2D eigenvalue weighted by molar-refractivity contribution is 0.145. The van der Waals surface area contributed by atoms with E-state index in [0.717, 1.165) is 18.5 Å². The Balaban J connectivity index is 2.28. The van der Waals surface area contributed by atoms with Gasteiger partial charge in [0.05, 0.1) is 11.8 Å². The van der Waals surface area contributed by atoms with Gasteiger partial charge in [-0.25, -0.2) is 4.67 Å². The van der Waals surface area contributed by atoms with Crippen molar-refractivity contribution < 1.29 is 9.09 Å². The predicted molar refractivity (Wildman–Crippen MR) is 70.3 cm³/mol. The lowest BCUT2D eigenvalue weighted by atomic mass is 10.2. The normalized spacial score (nSPS) is 32.3. The number of rotatable bonds is 2. The SMILES string of the molecule is C[C@H]1CCN(C)[P@@](=O)([C@@H](C)c2ccccc2)O1. The molecule has 1 fully saturated rings. The smallest absolute Gasteiger partial charge is 0.279 e. The highest BCUT2D eigenvalue weighted by Gasteiger charge is 2.40. The molecule has 94 valence electrons. The minimum atomic E-state index is -2.74. The minimum Gasteiger partial charge on any atom is -0.314 e. The highest BCUT2D eigenvalue weighted by atomic mass is 31.2. The molecule has 3 nitrogen and oxygen atoms in total. The molecule has 0 spiro atoms. The molecule has 1 aliphatic rings. The van der Waals surface area contributed by atoms with Gasteiger partial charge in [-0.1, -0.05) is 30.3 Å². The first-order valence-electron chi connectivity index (χ1n) is 6.08. The van der Waals surface area contributed by atoms with Crippen LogP contribution in [0.1, 0.15) is 31.5 Å². The Morgan fingerprint density at radius 3 is 2.71 bits per heavy atom. The molecule has 0 bridgehead atoms. The van der Waals surface area contributed by atoms with Crippen molar-refractivity contribution in [1.82, 2.24) is 4.67 Å². The van der Waals surface area contributed by atoms with Crippen LogP contribution >= 0.6 is 7.52 Å². The lowest BCUT2D eigenvalue weighted by Gasteiger charge is -2.39. The second-order valence-corrected chi connectivity index (χ2v) is 7.53. The van der Waals surface area contributed by atoms with Gasteiger partial charge in [-0.15, -0.1) is 0 Å². The molecule has 0 N–H and O–H groups in total. The standard InChI is InChI=1S/C13H20NO2P/c1-11-9-10-14(3)17(15,16-11)12(2)13-7-5-4-6-8-13/h4-8,11-12H,9-10H2,1-3H3/t11-,12-,17+/m0/s1. The maximum absolute atomic E-state index is 13.0. The van der Waals surface area contributed by atoms with Crippen molar-refractivity contribution in [3.63, 3.8) is 0 Å². The van der Waals surface area contributed by atoms with Crippen LogP contribution in [-0.2, 0) is 9.09 Å². The maximum atomic E-state index is 13.0. The first-order chi connectivity index (χ1) is 8.04. The largest absolute Gasteiger partial charge is 0.314 e. The van der Waals surface area contributed by atoms with Gasteiger partial charge in [-0.05, 0) is 32.9 Å². The van der Waals surface area contributed by atoms with Gasteiger partial charge in [0.1, 0.15) is 0 Å². The van der Waals surface area contributed by atoms with Crippen LogP contribution in [0.15, 0.2) is 30.3 Å². The van der Waals surface area contributed by atoms with Gasteiger partial charge in [0.15, 0.2) is 0 Å². The van der Waals surface area contributed by atoms with E-state index in [1.54, 1.807) is 0 Å². The highest BCUT2D eigenvalue weighted by molar-refractivity contribution is 7.56. The second kappa shape index (κ2) is 4.93. The Morgan fingerprint density at radius 2 is 2.06 bits per heavy atom. The van der Waals surface area contributed by atoms with Crippen molar-refractivity contribution in [1.29, 1.82) is 0 Å². The summed E-state index contributed by atoms with van der Waals surface area (Å²) in [6.45, 7) is 4.83. The summed E-state index contributed by atoms with van der Waals surface area (Å²) in [5.41, 5.74) is 1.01. The summed E-state index contributed by atoms with van der Waals surface area (Å²) in [4.78, 5) is 0. The summed E-state index contributed by atoms with van der Waals surface area (Å²) in [6.07, 6.45) is 1.03. The van der Waals surface area contributed by atoms with Gasteiger partial charge < -0.3 is 4.52 Å². The van der Waals surface area contributed by atoms with Gasteiger partial charge >= 0.3 is 0 Å². The Hall–Kier alpha value is -0.630. The van der Waals surface area contributed by atoms with Gasteiger partial charge in [0, 0.05) is 6.54 Å². The van der Waals surface area contributed by atoms with E-state index < -0.39 is 7.52 Å². The van der Waals surface area contributed by atoms with Crippen LogP contribution < -0.4 is 0 Å². The van der Waals surface area contributed by atoms with Crippen molar-refractivity contribution in [3.8, 4) is 0 Å². The monoisotopic (exact) mass is 253 g/mol. The predicted octanol–water partition coefficient (Wildman–Crippen LogP) is 3.68. The van der Waals surface area contributed by atoms with Gasteiger partial charge in [-0.3, -0.25) is 4.57 Å². The zero-order valence-electron chi connectivity index (χ0n) is 10.7. The highest BCUT2D eigenvalue weighted by Crippen LogP contribution is 2.64. The summed E-state index contributed by atoms with van der Waals surface area (Å²) in [6, 6.07) is 9.96. The van der Waals surface area contributed by atoms with Crippen molar-refractivity contribution in [2.24, 2.45) is 0 Å². The van der Waals surface area contributed by atoms with E-state index in [1.165, 1.54) is 0 Å². The van der Waals surface area contributed by atoms with E-state index in [9.17, 15) is 4.57 Å². The molecule has 3 atom stereocenters. The van der Waals surface area contributed by atoms with Crippen LogP contribution in [0.25, 0.3) is 0 Å². The molecular formula is C13H20NO2P.